The molecule has 0 fully saturated rings. The fourth-order valence-electron chi connectivity index (χ4n) is 2.15. The molecule has 0 radical (unpaired) electrons. The monoisotopic (exact) mass is 317 g/mol. The van der Waals surface area contributed by atoms with Gasteiger partial charge in [0, 0.05) is 10.6 Å². The minimum absolute atomic E-state index is 0.217. The molecule has 0 aromatic heterocycles. The zero-order valence-corrected chi connectivity index (χ0v) is 12.5. The maximum absolute atomic E-state index is 6.16. The molecule has 22 heavy (non-hydrogen) atoms. The van der Waals surface area contributed by atoms with Crippen LogP contribution in [0.4, 0.5) is 0 Å². The highest BCUT2D eigenvalue weighted by molar-refractivity contribution is 6.30. The maximum atomic E-state index is 6.16. The first-order chi connectivity index (χ1) is 10.5. The van der Waals surface area contributed by atoms with E-state index in [1.807, 2.05) is 30.3 Å². The Morgan fingerprint density at radius 1 is 1.18 bits per heavy atom. The highest BCUT2D eigenvalue weighted by atomic mass is 35.5. The van der Waals surface area contributed by atoms with Crippen molar-refractivity contribution >= 4 is 17.6 Å². The summed E-state index contributed by atoms with van der Waals surface area (Å²) in [6.45, 7) is 0.440. The van der Waals surface area contributed by atoms with Crippen LogP contribution in [0.5, 0.6) is 5.75 Å². The Balaban J connectivity index is 1.81. The third-order valence-corrected chi connectivity index (χ3v) is 3.46. The van der Waals surface area contributed by atoms with Gasteiger partial charge < -0.3 is 10.5 Å². The molecule has 1 aliphatic rings. The summed E-state index contributed by atoms with van der Waals surface area (Å²) in [6, 6.07) is 15.1. The van der Waals surface area contributed by atoms with Gasteiger partial charge in [0.15, 0.2) is 0 Å². The van der Waals surface area contributed by atoms with E-state index in [1.54, 1.807) is 18.2 Å². The lowest BCUT2D eigenvalue weighted by Gasteiger charge is -2.21. The fraction of sp³-hybridized carbons (Fsp3) is 0.133. The van der Waals surface area contributed by atoms with Crippen molar-refractivity contribution in [3.05, 3.63) is 64.7 Å². The normalized spacial score (nSPS) is 20.4. The molecule has 1 heterocycles. The number of halogens is 1. The number of nitrogens with one attached hydrogen (secondary N) is 2. The van der Waals surface area contributed by atoms with E-state index in [4.69, 9.17) is 27.8 Å². The minimum Gasteiger partial charge on any atom is -0.489 e. The first-order valence-corrected chi connectivity index (χ1v) is 7.08. The summed E-state index contributed by atoms with van der Waals surface area (Å²) >= 11 is 6.15. The molecule has 114 valence electrons. The Morgan fingerprint density at radius 2 is 1.95 bits per heavy atom. The smallest absolute Gasteiger partial charge is 0.209 e. The number of guanidine groups is 1. The molecule has 0 amide bonds. The van der Waals surface area contributed by atoms with Gasteiger partial charge in [0.25, 0.3) is 0 Å². The van der Waals surface area contributed by atoms with Crippen molar-refractivity contribution in [2.75, 3.05) is 0 Å². The number of hydrogen-bond acceptors (Lipinski definition) is 6. The van der Waals surface area contributed by atoms with Crippen LogP contribution < -0.4 is 27.1 Å². The molecule has 1 atom stereocenters. The molecule has 0 bridgehead atoms. The Bertz CT molecular complexity index is 706. The molecule has 0 saturated carbocycles. The molecular weight excluding hydrogens is 302 g/mol. The van der Waals surface area contributed by atoms with E-state index >= 15 is 0 Å². The second-order valence-electron chi connectivity index (χ2n) is 4.96. The summed E-state index contributed by atoms with van der Waals surface area (Å²) in [4.78, 5) is 4.13. The van der Waals surface area contributed by atoms with Crippen LogP contribution in [0, 0.1) is 0 Å². The summed E-state index contributed by atoms with van der Waals surface area (Å²) in [7, 11) is 0. The second-order valence-corrected chi connectivity index (χ2v) is 5.40. The van der Waals surface area contributed by atoms with Crippen molar-refractivity contribution < 1.29 is 4.74 Å². The first-order valence-electron chi connectivity index (χ1n) is 6.70. The Kier molecular flexibility index (Phi) is 3.89. The van der Waals surface area contributed by atoms with Crippen molar-refractivity contribution in [2.24, 2.45) is 16.5 Å². The van der Waals surface area contributed by atoms with Gasteiger partial charge in [-0.05, 0) is 23.8 Å². The number of nitrogens with two attached hydrogens (primary N) is 2. The van der Waals surface area contributed by atoms with Gasteiger partial charge in [-0.25, -0.2) is 4.99 Å². The summed E-state index contributed by atoms with van der Waals surface area (Å²) in [5, 5.41) is 0.507. The zero-order chi connectivity index (χ0) is 15.6. The molecule has 2 aromatic carbocycles. The molecule has 0 saturated heterocycles. The van der Waals surface area contributed by atoms with Gasteiger partial charge in [-0.1, -0.05) is 41.9 Å². The van der Waals surface area contributed by atoms with Crippen LogP contribution in [0.3, 0.4) is 0 Å². The van der Waals surface area contributed by atoms with Crippen molar-refractivity contribution in [3.8, 4) is 5.75 Å². The molecule has 3 rings (SSSR count). The van der Waals surface area contributed by atoms with Crippen molar-refractivity contribution in [2.45, 2.75) is 12.4 Å². The number of hydrazine groups is 1. The molecule has 6 N–H and O–H groups in total. The van der Waals surface area contributed by atoms with E-state index in [1.165, 1.54) is 0 Å². The standard InChI is InChI=1S/C15H16ClN5O/c16-12-6-11(15(18)19-14(17)20-21-15)7-13(8-12)22-9-10-4-2-1-3-5-10/h1-8,21H,9,18H2,(H3,17,19,20). The highest BCUT2D eigenvalue weighted by Crippen LogP contribution is 2.28. The summed E-state index contributed by atoms with van der Waals surface area (Å²) in [5.41, 5.74) is 19.0. The Hall–Kier alpha value is -2.28. The second kappa shape index (κ2) is 5.84. The van der Waals surface area contributed by atoms with Crippen LogP contribution in [-0.4, -0.2) is 5.96 Å². The van der Waals surface area contributed by atoms with Crippen LogP contribution in [0.1, 0.15) is 11.1 Å². The molecule has 7 heteroatoms. The molecule has 2 aromatic rings. The molecular formula is C15H16ClN5O. The van der Waals surface area contributed by atoms with E-state index in [0.717, 1.165) is 5.56 Å². The first kappa shape index (κ1) is 14.6. The zero-order valence-electron chi connectivity index (χ0n) is 11.7. The van der Waals surface area contributed by atoms with Crippen molar-refractivity contribution in [1.29, 1.82) is 0 Å². The number of benzene rings is 2. The van der Waals surface area contributed by atoms with Crippen LogP contribution >= 0.6 is 11.6 Å². The van der Waals surface area contributed by atoms with E-state index < -0.39 is 5.79 Å². The third kappa shape index (κ3) is 3.14. The van der Waals surface area contributed by atoms with E-state index in [9.17, 15) is 0 Å². The van der Waals surface area contributed by atoms with E-state index in [-0.39, 0.29) is 5.96 Å². The molecule has 6 nitrogen and oxygen atoms in total. The SMILES string of the molecule is NC1=NC(N)(c2cc(Cl)cc(OCc3ccccc3)c2)NN1. The van der Waals surface area contributed by atoms with Gasteiger partial charge in [-0.3, -0.25) is 11.2 Å². The minimum atomic E-state index is -1.17. The topological polar surface area (TPSA) is 97.7 Å². The Morgan fingerprint density at radius 3 is 2.64 bits per heavy atom. The van der Waals surface area contributed by atoms with Gasteiger partial charge in [0.2, 0.25) is 11.7 Å². The third-order valence-electron chi connectivity index (χ3n) is 3.24. The highest BCUT2D eigenvalue weighted by Gasteiger charge is 2.32. The fourth-order valence-corrected chi connectivity index (χ4v) is 2.37. The average Bonchev–Trinajstić information content (AvgIpc) is 2.86. The van der Waals surface area contributed by atoms with Gasteiger partial charge in [0.1, 0.15) is 12.4 Å². The Labute approximate surface area is 133 Å². The van der Waals surface area contributed by atoms with E-state index in [2.05, 4.69) is 15.8 Å². The summed E-state index contributed by atoms with van der Waals surface area (Å²) in [5.74, 6) is -0.340. The number of hydrogen-bond donors (Lipinski definition) is 4. The van der Waals surface area contributed by atoms with Crippen LogP contribution in [0.15, 0.2) is 53.5 Å². The van der Waals surface area contributed by atoms with E-state index in [0.29, 0.717) is 22.9 Å². The summed E-state index contributed by atoms with van der Waals surface area (Å²) in [6.07, 6.45) is 0. The van der Waals surface area contributed by atoms with Crippen LogP contribution in [0.25, 0.3) is 0 Å². The summed E-state index contributed by atoms with van der Waals surface area (Å²) < 4.78 is 5.78. The molecule has 0 aliphatic carbocycles. The van der Waals surface area contributed by atoms with Gasteiger partial charge in [-0.15, -0.1) is 0 Å². The van der Waals surface area contributed by atoms with Gasteiger partial charge >= 0.3 is 0 Å². The molecule has 1 unspecified atom stereocenters. The predicted octanol–water partition coefficient (Wildman–Crippen LogP) is 1.41. The quantitative estimate of drug-likeness (QED) is 0.683. The van der Waals surface area contributed by atoms with Crippen LogP contribution in [0.2, 0.25) is 5.02 Å². The van der Waals surface area contributed by atoms with Crippen LogP contribution in [-0.2, 0) is 12.4 Å². The number of rotatable bonds is 4. The number of aliphatic imine (C=N–C) groups is 1. The maximum Gasteiger partial charge on any atom is 0.209 e. The van der Waals surface area contributed by atoms with Gasteiger partial charge in [-0.2, -0.15) is 5.43 Å². The van der Waals surface area contributed by atoms with Crippen molar-refractivity contribution in [1.82, 2.24) is 10.9 Å². The molecule has 0 spiro atoms. The number of ether oxygens (including phenoxy) is 1. The lowest BCUT2D eigenvalue weighted by molar-refractivity contribution is 0.303. The molecule has 1 aliphatic heterocycles. The lowest BCUT2D eigenvalue weighted by atomic mass is 10.1. The largest absolute Gasteiger partial charge is 0.489 e. The average molecular weight is 318 g/mol. The predicted molar refractivity (Wildman–Crippen MR) is 86.0 cm³/mol. The van der Waals surface area contributed by atoms with Crippen molar-refractivity contribution in [3.63, 3.8) is 0 Å². The lowest BCUT2D eigenvalue weighted by Crippen LogP contribution is -2.50. The number of nitrogens with zero attached hydrogens (tertiary/aromatic N) is 1. The van der Waals surface area contributed by atoms with Gasteiger partial charge in [0.05, 0.1) is 0 Å².